The Balaban J connectivity index is 2.83. The summed E-state index contributed by atoms with van der Waals surface area (Å²) in [7, 11) is 0.705. The van der Waals surface area contributed by atoms with Crippen LogP contribution in [0, 0.1) is 0 Å². The number of nitrogens with one attached hydrogen (secondary N) is 1. The third kappa shape index (κ3) is 6.74. The summed E-state index contributed by atoms with van der Waals surface area (Å²) in [5.74, 6) is -0.996. The maximum absolute atomic E-state index is 12.3. The van der Waals surface area contributed by atoms with E-state index in [1.807, 2.05) is 0 Å². The third-order valence-corrected chi connectivity index (χ3v) is 5.55. The van der Waals surface area contributed by atoms with Gasteiger partial charge in [-0.2, -0.15) is 0 Å². The van der Waals surface area contributed by atoms with Crippen LogP contribution in [0.5, 0.6) is 0 Å². The molecule has 0 spiro atoms. The Morgan fingerprint density at radius 2 is 1.76 bits per heavy atom. The number of benzene rings is 1. The number of rotatable bonds is 9. The molecule has 0 saturated carbocycles. The first-order chi connectivity index (χ1) is 11.7. The fourth-order valence-corrected chi connectivity index (χ4v) is 3.38. The van der Waals surface area contributed by atoms with Gasteiger partial charge in [-0.05, 0) is 22.2 Å². The van der Waals surface area contributed by atoms with Crippen LogP contribution in [0.3, 0.4) is 0 Å². The minimum atomic E-state index is -3.17. The van der Waals surface area contributed by atoms with Gasteiger partial charge in [-0.1, -0.05) is 34.6 Å². The lowest BCUT2D eigenvalue weighted by Gasteiger charge is -2.16. The number of methoxy groups -OCH3 is 1. The van der Waals surface area contributed by atoms with Crippen LogP contribution in [0.2, 0.25) is 0 Å². The van der Waals surface area contributed by atoms with Crippen LogP contribution >= 0.6 is 23.5 Å². The number of hydrogen-bond acceptors (Lipinski definition) is 6. The van der Waals surface area contributed by atoms with E-state index in [0.717, 1.165) is 0 Å². The van der Waals surface area contributed by atoms with E-state index in [9.17, 15) is 14.2 Å². The molecule has 1 aromatic carbocycles. The van der Waals surface area contributed by atoms with Crippen LogP contribution in [0.25, 0.3) is 0 Å². The van der Waals surface area contributed by atoms with Crippen LogP contribution in [-0.4, -0.2) is 39.2 Å². The second-order valence-electron chi connectivity index (χ2n) is 5.10. The number of esters is 1. The number of hydrogen-bond donors (Lipinski definition) is 1. The molecule has 0 bridgehead atoms. The van der Waals surface area contributed by atoms with E-state index >= 15 is 0 Å². The lowest BCUT2D eigenvalue weighted by atomic mass is 10.1. The van der Waals surface area contributed by atoms with E-state index in [4.69, 9.17) is 9.05 Å². The van der Waals surface area contributed by atoms with Crippen LogP contribution in [0.4, 0.5) is 0 Å². The zero-order chi connectivity index (χ0) is 19.0. The van der Waals surface area contributed by atoms with E-state index in [1.54, 1.807) is 24.3 Å². The minimum absolute atomic E-state index is 0.0933. The Kier molecular flexibility index (Phi) is 8.52. The molecule has 0 heterocycles. The highest BCUT2D eigenvalue weighted by Crippen LogP contribution is 2.49. The van der Waals surface area contributed by atoms with Crippen molar-refractivity contribution >= 4 is 35.4 Å². The summed E-state index contributed by atoms with van der Waals surface area (Å²) in [4.78, 5) is 24.0. The first-order valence-electron chi connectivity index (χ1n) is 7.26. The SMILES string of the molecule is C=C(Br)C[C@@H](NC(=O)c1ccc(CP(=O)(OC)OC)cc1)C(=O)OC. The van der Waals surface area contributed by atoms with Crippen LogP contribution < -0.4 is 5.32 Å². The van der Waals surface area contributed by atoms with Crippen LogP contribution in [0.15, 0.2) is 35.3 Å². The molecule has 0 aromatic heterocycles. The summed E-state index contributed by atoms with van der Waals surface area (Å²) in [6.07, 6.45) is 0.303. The second kappa shape index (κ2) is 9.87. The normalized spacial score (nSPS) is 12.3. The Morgan fingerprint density at radius 1 is 1.20 bits per heavy atom. The van der Waals surface area contributed by atoms with E-state index in [-0.39, 0.29) is 12.6 Å². The predicted octanol–water partition coefficient (Wildman–Crippen LogP) is 3.24. The van der Waals surface area contributed by atoms with Gasteiger partial charge >= 0.3 is 13.6 Å². The van der Waals surface area contributed by atoms with Crippen molar-refractivity contribution < 1.29 is 27.9 Å². The summed E-state index contributed by atoms with van der Waals surface area (Å²) >= 11 is 3.17. The average molecular weight is 434 g/mol. The molecule has 1 aromatic rings. The second-order valence-corrected chi connectivity index (χ2v) is 8.49. The largest absolute Gasteiger partial charge is 0.467 e. The molecular formula is C16H21BrNO6P. The Bertz CT molecular complexity index is 668. The van der Waals surface area contributed by atoms with Gasteiger partial charge in [0.1, 0.15) is 6.04 Å². The minimum Gasteiger partial charge on any atom is -0.467 e. The summed E-state index contributed by atoms with van der Waals surface area (Å²) < 4.78 is 27.1. The van der Waals surface area contributed by atoms with E-state index in [1.165, 1.54) is 21.3 Å². The van der Waals surface area contributed by atoms with Gasteiger partial charge in [0.2, 0.25) is 0 Å². The van der Waals surface area contributed by atoms with Crippen molar-refractivity contribution in [2.45, 2.75) is 18.6 Å². The first kappa shape index (κ1) is 21.6. The quantitative estimate of drug-likeness (QED) is 0.474. The summed E-state index contributed by atoms with van der Waals surface area (Å²) in [5.41, 5.74) is 1.05. The molecule has 0 radical (unpaired) electrons. The molecule has 0 unspecified atom stereocenters. The van der Waals surface area contributed by atoms with Crippen molar-refractivity contribution in [3.63, 3.8) is 0 Å². The van der Waals surface area contributed by atoms with E-state index < -0.39 is 25.5 Å². The van der Waals surface area contributed by atoms with Crippen molar-refractivity contribution in [3.8, 4) is 0 Å². The van der Waals surface area contributed by atoms with Gasteiger partial charge in [0.05, 0.1) is 13.3 Å². The molecule has 25 heavy (non-hydrogen) atoms. The number of halogens is 1. The lowest BCUT2D eigenvalue weighted by Crippen LogP contribution is -2.41. The highest BCUT2D eigenvalue weighted by atomic mass is 79.9. The molecule has 7 nitrogen and oxygen atoms in total. The standard InChI is InChI=1S/C16H21BrNO6P/c1-11(17)9-14(16(20)22-2)18-15(19)13-7-5-12(6-8-13)10-25(21,23-3)24-4/h5-8,14H,1,9-10H2,2-4H3,(H,18,19)/t14-/m1/s1. The fourth-order valence-electron chi connectivity index (χ4n) is 1.99. The van der Waals surface area contributed by atoms with E-state index in [0.29, 0.717) is 15.6 Å². The van der Waals surface area contributed by atoms with Gasteiger partial charge in [0.15, 0.2) is 0 Å². The average Bonchev–Trinajstić information content (AvgIpc) is 2.60. The van der Waals surface area contributed by atoms with Crippen LogP contribution in [0.1, 0.15) is 22.3 Å². The summed E-state index contributed by atoms with van der Waals surface area (Å²) in [6.45, 7) is 3.66. The van der Waals surface area contributed by atoms with Crippen LogP contribution in [-0.2, 0) is 29.3 Å². The van der Waals surface area contributed by atoms with Crippen molar-refractivity contribution in [2.75, 3.05) is 21.3 Å². The Hall–Kier alpha value is -1.47. The highest BCUT2D eigenvalue weighted by Gasteiger charge is 2.24. The molecule has 9 heteroatoms. The molecule has 138 valence electrons. The zero-order valence-corrected chi connectivity index (χ0v) is 16.8. The van der Waals surface area contributed by atoms with Gasteiger partial charge in [0.25, 0.3) is 5.91 Å². The number of amides is 1. The molecule has 0 aliphatic heterocycles. The van der Waals surface area contributed by atoms with Gasteiger partial charge in [-0.25, -0.2) is 4.79 Å². The molecule has 0 aliphatic carbocycles. The summed E-state index contributed by atoms with van der Waals surface area (Å²) in [5, 5.41) is 2.60. The molecule has 1 N–H and O–H groups in total. The molecule has 1 rings (SSSR count). The molecule has 0 aliphatic rings. The number of carbonyl (C=O) groups excluding carboxylic acids is 2. The maximum Gasteiger partial charge on any atom is 0.334 e. The Labute approximate surface area is 155 Å². The topological polar surface area (TPSA) is 90.9 Å². The van der Waals surface area contributed by atoms with Crippen molar-refractivity contribution in [3.05, 3.63) is 46.5 Å². The first-order valence-corrected chi connectivity index (χ1v) is 9.78. The molecule has 0 saturated heterocycles. The maximum atomic E-state index is 12.3. The predicted molar refractivity (Wildman–Crippen MR) is 97.7 cm³/mol. The van der Waals surface area contributed by atoms with Gasteiger partial charge in [-0.3, -0.25) is 9.36 Å². The number of ether oxygens (including phenoxy) is 1. The fraction of sp³-hybridized carbons (Fsp3) is 0.375. The smallest absolute Gasteiger partial charge is 0.334 e. The molecule has 1 atom stereocenters. The monoisotopic (exact) mass is 433 g/mol. The van der Waals surface area contributed by atoms with Gasteiger partial charge in [-0.15, -0.1) is 0 Å². The molecular weight excluding hydrogens is 413 g/mol. The van der Waals surface area contributed by atoms with Gasteiger partial charge < -0.3 is 19.1 Å². The lowest BCUT2D eigenvalue weighted by molar-refractivity contribution is -0.142. The Morgan fingerprint density at radius 3 is 2.20 bits per heavy atom. The van der Waals surface area contributed by atoms with Crippen molar-refractivity contribution in [2.24, 2.45) is 0 Å². The third-order valence-electron chi connectivity index (χ3n) is 3.37. The van der Waals surface area contributed by atoms with E-state index in [2.05, 4.69) is 32.6 Å². The molecule has 1 amide bonds. The number of carbonyl (C=O) groups is 2. The van der Waals surface area contributed by atoms with Crippen molar-refractivity contribution in [1.29, 1.82) is 0 Å². The highest BCUT2D eigenvalue weighted by molar-refractivity contribution is 9.11. The zero-order valence-electron chi connectivity index (χ0n) is 14.3. The van der Waals surface area contributed by atoms with Gasteiger partial charge in [0, 0.05) is 26.2 Å². The van der Waals surface area contributed by atoms with Crippen molar-refractivity contribution in [1.82, 2.24) is 5.32 Å². The summed E-state index contributed by atoms with van der Waals surface area (Å²) in [6, 6.07) is 5.59. The molecule has 0 fully saturated rings.